The van der Waals surface area contributed by atoms with Crippen LogP contribution in [0.5, 0.6) is 0 Å². The van der Waals surface area contributed by atoms with Crippen LogP contribution in [-0.2, 0) is 16.1 Å². The molecule has 3 heterocycles. The van der Waals surface area contributed by atoms with Crippen LogP contribution >= 0.6 is 22.9 Å². The summed E-state index contributed by atoms with van der Waals surface area (Å²) in [6.07, 6.45) is 0. The maximum absolute atomic E-state index is 13.4. The molecular weight excluding hydrogens is 394 g/mol. The molecule has 2 aliphatic rings. The Labute approximate surface area is 175 Å². The minimum Gasteiger partial charge on any atom is -0.378 e. The van der Waals surface area contributed by atoms with Crippen molar-refractivity contribution >= 4 is 28.8 Å². The largest absolute Gasteiger partial charge is 0.378 e. The van der Waals surface area contributed by atoms with Gasteiger partial charge in [-0.3, -0.25) is 14.6 Å². The summed E-state index contributed by atoms with van der Waals surface area (Å²) in [5.41, 5.74) is 1.08. The van der Waals surface area contributed by atoms with Crippen LogP contribution in [0.15, 0.2) is 42.5 Å². The van der Waals surface area contributed by atoms with Crippen LogP contribution in [0.3, 0.4) is 0 Å². The Kier molecular flexibility index (Phi) is 6.65. The molecule has 7 heteroatoms. The average molecular weight is 420 g/mol. The normalized spacial score (nSPS) is 20.2. The van der Waals surface area contributed by atoms with E-state index in [1.54, 1.807) is 11.3 Å². The van der Waals surface area contributed by atoms with E-state index in [1.165, 1.54) is 4.88 Å². The van der Waals surface area contributed by atoms with Crippen LogP contribution < -0.4 is 0 Å². The SMILES string of the molecule is O=C([C@H](c1ccccc1)N1CCN(Cc2ccc(Cl)s2)CC1)N1CCOCC1. The first kappa shape index (κ1) is 19.9. The van der Waals surface area contributed by atoms with E-state index >= 15 is 0 Å². The number of hydrogen-bond acceptors (Lipinski definition) is 5. The van der Waals surface area contributed by atoms with E-state index in [2.05, 4.69) is 28.0 Å². The second-order valence-corrected chi connectivity index (χ2v) is 9.07. The molecule has 0 bridgehead atoms. The number of nitrogens with zero attached hydrogens (tertiary/aromatic N) is 3. The van der Waals surface area contributed by atoms with Crippen molar-refractivity contribution in [1.29, 1.82) is 0 Å². The number of piperazine rings is 1. The third kappa shape index (κ3) is 4.75. The predicted octanol–water partition coefficient (Wildman–Crippen LogP) is 3.12. The smallest absolute Gasteiger partial charge is 0.244 e. The number of carbonyl (C=O) groups excluding carboxylic acids is 1. The van der Waals surface area contributed by atoms with Gasteiger partial charge in [0.2, 0.25) is 5.91 Å². The minimum absolute atomic E-state index is 0.202. The number of amides is 1. The van der Waals surface area contributed by atoms with Gasteiger partial charge < -0.3 is 9.64 Å². The molecule has 5 nitrogen and oxygen atoms in total. The fourth-order valence-electron chi connectivity index (χ4n) is 3.94. The Hall–Kier alpha value is -1.44. The van der Waals surface area contributed by atoms with Crippen molar-refractivity contribution in [2.75, 3.05) is 52.5 Å². The quantitative estimate of drug-likeness (QED) is 0.746. The van der Waals surface area contributed by atoms with Gasteiger partial charge in [-0.25, -0.2) is 0 Å². The van der Waals surface area contributed by atoms with Crippen LogP contribution in [-0.4, -0.2) is 73.1 Å². The van der Waals surface area contributed by atoms with Crippen LogP contribution in [0, 0.1) is 0 Å². The molecule has 1 aromatic heterocycles. The van der Waals surface area contributed by atoms with Crippen LogP contribution in [0.1, 0.15) is 16.5 Å². The highest BCUT2D eigenvalue weighted by atomic mass is 35.5. The number of morpholine rings is 1. The molecule has 2 fully saturated rings. The monoisotopic (exact) mass is 419 g/mol. The predicted molar refractivity (Wildman–Crippen MR) is 113 cm³/mol. The van der Waals surface area contributed by atoms with E-state index in [1.807, 2.05) is 29.2 Å². The molecule has 1 amide bonds. The third-order valence-corrected chi connectivity index (χ3v) is 6.67. The van der Waals surface area contributed by atoms with E-state index in [4.69, 9.17) is 16.3 Å². The summed E-state index contributed by atoms with van der Waals surface area (Å²) in [5, 5.41) is 0. The van der Waals surface area contributed by atoms with E-state index in [9.17, 15) is 4.79 Å². The molecule has 28 heavy (non-hydrogen) atoms. The lowest BCUT2D eigenvalue weighted by molar-refractivity contribution is -0.142. The van der Waals surface area contributed by atoms with Gasteiger partial charge in [0.05, 0.1) is 17.6 Å². The topological polar surface area (TPSA) is 36.0 Å². The summed E-state index contributed by atoms with van der Waals surface area (Å²) in [6, 6.07) is 14.0. The zero-order chi connectivity index (χ0) is 19.3. The van der Waals surface area contributed by atoms with Gasteiger partial charge in [0.15, 0.2) is 0 Å². The zero-order valence-corrected chi connectivity index (χ0v) is 17.5. The number of carbonyl (C=O) groups is 1. The van der Waals surface area contributed by atoms with Gasteiger partial charge in [-0.2, -0.15) is 0 Å². The molecule has 150 valence electrons. The van der Waals surface area contributed by atoms with Gasteiger partial charge >= 0.3 is 0 Å². The lowest BCUT2D eigenvalue weighted by Crippen LogP contribution is -2.52. The van der Waals surface area contributed by atoms with Crippen LogP contribution in [0.4, 0.5) is 0 Å². The number of ether oxygens (including phenoxy) is 1. The first-order valence-electron chi connectivity index (χ1n) is 9.83. The van der Waals surface area contributed by atoms with Crippen molar-refractivity contribution < 1.29 is 9.53 Å². The molecule has 0 spiro atoms. The van der Waals surface area contributed by atoms with Gasteiger partial charge in [-0.05, 0) is 17.7 Å². The first-order chi connectivity index (χ1) is 13.7. The molecule has 1 aromatic carbocycles. The molecule has 1 atom stereocenters. The van der Waals surface area contributed by atoms with Crippen molar-refractivity contribution in [3.63, 3.8) is 0 Å². The Bertz CT molecular complexity index is 771. The number of benzene rings is 1. The van der Waals surface area contributed by atoms with Crippen molar-refractivity contribution in [1.82, 2.24) is 14.7 Å². The summed E-state index contributed by atoms with van der Waals surface area (Å²) >= 11 is 7.71. The van der Waals surface area contributed by atoms with Gasteiger partial charge in [0.25, 0.3) is 0 Å². The van der Waals surface area contributed by atoms with Crippen molar-refractivity contribution in [3.05, 3.63) is 57.2 Å². The Morgan fingerprint density at radius 3 is 2.36 bits per heavy atom. The van der Waals surface area contributed by atoms with Crippen molar-refractivity contribution in [2.24, 2.45) is 0 Å². The summed E-state index contributed by atoms with van der Waals surface area (Å²) < 4.78 is 6.27. The van der Waals surface area contributed by atoms with E-state index in [-0.39, 0.29) is 11.9 Å². The second kappa shape index (κ2) is 9.37. The number of hydrogen-bond donors (Lipinski definition) is 0. The lowest BCUT2D eigenvalue weighted by Gasteiger charge is -2.41. The third-order valence-electron chi connectivity index (χ3n) is 5.45. The van der Waals surface area contributed by atoms with Gasteiger partial charge in [0.1, 0.15) is 6.04 Å². The molecule has 0 saturated carbocycles. The fourth-order valence-corrected chi connectivity index (χ4v) is 5.07. The highest BCUT2D eigenvalue weighted by molar-refractivity contribution is 7.16. The Morgan fingerprint density at radius 1 is 1.00 bits per heavy atom. The van der Waals surface area contributed by atoms with E-state index in [0.717, 1.165) is 42.6 Å². The first-order valence-corrected chi connectivity index (χ1v) is 11.0. The maximum atomic E-state index is 13.4. The summed E-state index contributed by atoms with van der Waals surface area (Å²) in [7, 11) is 0. The standard InChI is InChI=1S/C21H26ClN3O2S/c22-19-7-6-18(28-19)16-23-8-10-24(11-9-23)20(17-4-2-1-3-5-17)21(26)25-12-14-27-15-13-25/h1-7,20H,8-16H2/t20-/m0/s1. The fraction of sp³-hybridized carbons (Fsp3) is 0.476. The molecule has 2 aliphatic heterocycles. The molecule has 2 saturated heterocycles. The van der Waals surface area contributed by atoms with E-state index in [0.29, 0.717) is 26.3 Å². The molecule has 0 N–H and O–H groups in total. The highest BCUT2D eigenvalue weighted by Crippen LogP contribution is 2.27. The molecule has 0 radical (unpaired) electrons. The molecule has 0 aliphatic carbocycles. The number of thiophene rings is 1. The minimum atomic E-state index is -0.211. The maximum Gasteiger partial charge on any atom is 0.244 e. The second-order valence-electron chi connectivity index (χ2n) is 7.27. The van der Waals surface area contributed by atoms with Crippen LogP contribution in [0.2, 0.25) is 4.34 Å². The number of rotatable bonds is 5. The zero-order valence-electron chi connectivity index (χ0n) is 15.9. The number of halogens is 1. The van der Waals surface area contributed by atoms with Crippen molar-refractivity contribution in [2.45, 2.75) is 12.6 Å². The van der Waals surface area contributed by atoms with E-state index < -0.39 is 0 Å². The van der Waals surface area contributed by atoms with Crippen LogP contribution in [0.25, 0.3) is 0 Å². The van der Waals surface area contributed by atoms with Gasteiger partial charge in [-0.15, -0.1) is 11.3 Å². The highest BCUT2D eigenvalue weighted by Gasteiger charge is 2.33. The van der Waals surface area contributed by atoms with Crippen molar-refractivity contribution in [3.8, 4) is 0 Å². The molecule has 2 aromatic rings. The molecular formula is C21H26ClN3O2S. The molecule has 0 unspecified atom stereocenters. The average Bonchev–Trinajstić information content (AvgIpc) is 3.15. The summed E-state index contributed by atoms with van der Waals surface area (Å²) in [4.78, 5) is 21.4. The summed E-state index contributed by atoms with van der Waals surface area (Å²) in [5.74, 6) is 0.202. The Morgan fingerprint density at radius 2 is 1.71 bits per heavy atom. The Balaban J connectivity index is 1.44. The molecule has 4 rings (SSSR count). The van der Waals surface area contributed by atoms with Gasteiger partial charge in [0, 0.05) is 50.7 Å². The van der Waals surface area contributed by atoms with Gasteiger partial charge in [-0.1, -0.05) is 41.9 Å². The lowest BCUT2D eigenvalue weighted by atomic mass is 10.0. The summed E-state index contributed by atoms with van der Waals surface area (Å²) in [6.45, 7) is 7.23.